The Kier molecular flexibility index (Phi) is 2.08. The standard InChI is InChI=1S/C10H13NO2S/c12-10(8-3-4-14-11-8)7-5-6-1-2-9(7)13-6/h3-4,6-7,9-10,12H,1-2,5H2. The molecule has 0 spiro atoms. The Morgan fingerprint density at radius 1 is 1.57 bits per heavy atom. The number of rotatable bonds is 2. The molecule has 76 valence electrons. The Morgan fingerprint density at radius 2 is 2.50 bits per heavy atom. The molecule has 3 heterocycles. The third kappa shape index (κ3) is 1.29. The highest BCUT2D eigenvalue weighted by molar-refractivity contribution is 7.03. The van der Waals surface area contributed by atoms with Crippen LogP contribution in [0.4, 0.5) is 0 Å². The monoisotopic (exact) mass is 211 g/mol. The molecule has 0 aliphatic carbocycles. The average molecular weight is 211 g/mol. The van der Waals surface area contributed by atoms with E-state index < -0.39 is 6.10 Å². The van der Waals surface area contributed by atoms with E-state index in [4.69, 9.17) is 4.74 Å². The van der Waals surface area contributed by atoms with Gasteiger partial charge in [-0.2, -0.15) is 4.37 Å². The van der Waals surface area contributed by atoms with Crippen molar-refractivity contribution in [3.63, 3.8) is 0 Å². The summed E-state index contributed by atoms with van der Waals surface area (Å²) < 4.78 is 9.90. The molecule has 1 N–H and O–H groups in total. The summed E-state index contributed by atoms with van der Waals surface area (Å²) >= 11 is 1.40. The largest absolute Gasteiger partial charge is 0.386 e. The first-order valence-electron chi connectivity index (χ1n) is 5.08. The Balaban J connectivity index is 1.77. The van der Waals surface area contributed by atoms with E-state index in [1.165, 1.54) is 18.0 Å². The molecule has 0 aromatic carbocycles. The van der Waals surface area contributed by atoms with Crippen molar-refractivity contribution in [1.82, 2.24) is 4.37 Å². The van der Waals surface area contributed by atoms with E-state index in [1.807, 2.05) is 11.4 Å². The highest BCUT2D eigenvalue weighted by atomic mass is 32.1. The fourth-order valence-electron chi connectivity index (χ4n) is 2.60. The molecule has 3 nitrogen and oxygen atoms in total. The molecule has 2 aliphatic heterocycles. The fraction of sp³-hybridized carbons (Fsp3) is 0.700. The molecule has 4 atom stereocenters. The lowest BCUT2D eigenvalue weighted by atomic mass is 9.84. The topological polar surface area (TPSA) is 42.4 Å². The zero-order valence-electron chi connectivity index (χ0n) is 7.80. The number of fused-ring (bicyclic) bond motifs is 2. The molecule has 14 heavy (non-hydrogen) atoms. The first-order chi connectivity index (χ1) is 6.84. The zero-order valence-corrected chi connectivity index (χ0v) is 8.61. The van der Waals surface area contributed by atoms with E-state index in [1.54, 1.807) is 0 Å². The van der Waals surface area contributed by atoms with Gasteiger partial charge in [0.1, 0.15) is 6.10 Å². The molecule has 0 amide bonds. The summed E-state index contributed by atoms with van der Waals surface area (Å²) in [5, 5.41) is 12.0. The van der Waals surface area contributed by atoms with E-state index in [9.17, 15) is 5.11 Å². The maximum Gasteiger partial charge on any atom is 0.102 e. The molecule has 4 heteroatoms. The van der Waals surface area contributed by atoms with Gasteiger partial charge in [0, 0.05) is 11.3 Å². The maximum absolute atomic E-state index is 10.1. The van der Waals surface area contributed by atoms with Crippen LogP contribution in [0.15, 0.2) is 11.4 Å². The van der Waals surface area contributed by atoms with Crippen molar-refractivity contribution in [2.75, 3.05) is 0 Å². The second-order valence-electron chi connectivity index (χ2n) is 4.14. The van der Waals surface area contributed by atoms with Gasteiger partial charge in [-0.05, 0) is 36.9 Å². The van der Waals surface area contributed by atoms with E-state index in [0.29, 0.717) is 6.10 Å². The Hall–Kier alpha value is -0.450. The lowest BCUT2D eigenvalue weighted by Crippen LogP contribution is -2.23. The van der Waals surface area contributed by atoms with Crippen LogP contribution in [0.3, 0.4) is 0 Å². The zero-order chi connectivity index (χ0) is 9.54. The van der Waals surface area contributed by atoms with E-state index in [2.05, 4.69) is 4.37 Å². The maximum atomic E-state index is 10.1. The van der Waals surface area contributed by atoms with Crippen molar-refractivity contribution >= 4 is 11.5 Å². The lowest BCUT2D eigenvalue weighted by Gasteiger charge is -2.22. The van der Waals surface area contributed by atoms with E-state index >= 15 is 0 Å². The summed E-state index contributed by atoms with van der Waals surface area (Å²) in [6, 6.07) is 1.90. The van der Waals surface area contributed by atoms with Crippen molar-refractivity contribution in [2.24, 2.45) is 5.92 Å². The fourth-order valence-corrected chi connectivity index (χ4v) is 3.15. The number of aliphatic hydroxyl groups is 1. The summed E-state index contributed by atoms with van der Waals surface area (Å²) in [7, 11) is 0. The van der Waals surface area contributed by atoms with Crippen LogP contribution >= 0.6 is 11.5 Å². The number of ether oxygens (including phenoxy) is 1. The average Bonchev–Trinajstić information content (AvgIpc) is 2.93. The Bertz CT molecular complexity index is 314. The molecule has 4 unspecified atom stereocenters. The van der Waals surface area contributed by atoms with Crippen LogP contribution in [0.2, 0.25) is 0 Å². The molecular weight excluding hydrogens is 198 g/mol. The molecule has 1 aromatic heterocycles. The molecule has 1 aromatic rings. The first-order valence-corrected chi connectivity index (χ1v) is 5.92. The van der Waals surface area contributed by atoms with E-state index in [0.717, 1.165) is 18.5 Å². The van der Waals surface area contributed by atoms with Gasteiger partial charge in [-0.3, -0.25) is 0 Å². The predicted octanol–water partition coefficient (Wildman–Crippen LogP) is 1.74. The summed E-state index contributed by atoms with van der Waals surface area (Å²) in [6.45, 7) is 0. The van der Waals surface area contributed by atoms with Gasteiger partial charge < -0.3 is 9.84 Å². The molecule has 2 bridgehead atoms. The number of aromatic nitrogens is 1. The van der Waals surface area contributed by atoms with Crippen LogP contribution in [-0.2, 0) is 4.74 Å². The SMILES string of the molecule is OC(c1ccsn1)C1CC2CCC1O2. The van der Waals surface area contributed by atoms with Gasteiger partial charge >= 0.3 is 0 Å². The van der Waals surface area contributed by atoms with Crippen molar-refractivity contribution in [3.05, 3.63) is 17.1 Å². The molecule has 2 saturated heterocycles. The lowest BCUT2D eigenvalue weighted by molar-refractivity contribution is 0.0407. The third-order valence-electron chi connectivity index (χ3n) is 3.32. The van der Waals surface area contributed by atoms with Crippen molar-refractivity contribution in [3.8, 4) is 0 Å². The van der Waals surface area contributed by atoms with Gasteiger partial charge in [0.2, 0.25) is 0 Å². The summed E-state index contributed by atoms with van der Waals surface area (Å²) in [5.41, 5.74) is 0.816. The minimum absolute atomic E-state index is 0.274. The second-order valence-corrected chi connectivity index (χ2v) is 4.81. The molecular formula is C10H13NO2S. The van der Waals surface area contributed by atoms with Crippen LogP contribution in [0, 0.1) is 5.92 Å². The van der Waals surface area contributed by atoms with Gasteiger partial charge in [-0.25, -0.2) is 0 Å². The van der Waals surface area contributed by atoms with Crippen LogP contribution < -0.4 is 0 Å². The third-order valence-corrected chi connectivity index (χ3v) is 3.89. The van der Waals surface area contributed by atoms with Crippen molar-refractivity contribution in [1.29, 1.82) is 0 Å². The smallest absolute Gasteiger partial charge is 0.102 e. The summed E-state index contributed by atoms with van der Waals surface area (Å²) in [6.07, 6.45) is 3.54. The minimum atomic E-state index is -0.420. The van der Waals surface area contributed by atoms with Gasteiger partial charge in [-0.1, -0.05) is 0 Å². The first kappa shape index (κ1) is 8.83. The summed E-state index contributed by atoms with van der Waals surface area (Å²) in [4.78, 5) is 0. The van der Waals surface area contributed by atoms with Gasteiger partial charge in [0.15, 0.2) is 0 Å². The molecule has 0 saturated carbocycles. The predicted molar refractivity (Wildman–Crippen MR) is 53.1 cm³/mol. The number of hydrogen-bond acceptors (Lipinski definition) is 4. The number of aliphatic hydroxyl groups excluding tert-OH is 1. The van der Waals surface area contributed by atoms with Crippen LogP contribution in [-0.4, -0.2) is 21.7 Å². The molecule has 2 fully saturated rings. The van der Waals surface area contributed by atoms with E-state index in [-0.39, 0.29) is 12.0 Å². The van der Waals surface area contributed by atoms with Crippen LogP contribution in [0.25, 0.3) is 0 Å². The highest BCUT2D eigenvalue weighted by Crippen LogP contribution is 2.44. The quantitative estimate of drug-likeness (QED) is 0.810. The van der Waals surface area contributed by atoms with Crippen LogP contribution in [0.5, 0.6) is 0 Å². The van der Waals surface area contributed by atoms with Gasteiger partial charge in [0.25, 0.3) is 0 Å². The normalized spacial score (nSPS) is 37.6. The molecule has 2 aliphatic rings. The highest BCUT2D eigenvalue weighted by Gasteiger charge is 2.44. The molecule has 0 radical (unpaired) electrons. The van der Waals surface area contributed by atoms with Crippen molar-refractivity contribution in [2.45, 2.75) is 37.6 Å². The Labute approximate surface area is 86.9 Å². The minimum Gasteiger partial charge on any atom is -0.386 e. The van der Waals surface area contributed by atoms with Gasteiger partial charge in [0.05, 0.1) is 17.9 Å². The van der Waals surface area contributed by atoms with Gasteiger partial charge in [-0.15, -0.1) is 0 Å². The Morgan fingerprint density at radius 3 is 3.07 bits per heavy atom. The van der Waals surface area contributed by atoms with Crippen LogP contribution in [0.1, 0.15) is 31.1 Å². The number of hydrogen-bond donors (Lipinski definition) is 1. The van der Waals surface area contributed by atoms with Crippen molar-refractivity contribution < 1.29 is 9.84 Å². The second kappa shape index (κ2) is 3.29. The number of nitrogens with zero attached hydrogens (tertiary/aromatic N) is 1. The summed E-state index contributed by atoms with van der Waals surface area (Å²) in [5.74, 6) is 0.274. The molecule has 3 rings (SSSR count).